The van der Waals surface area contributed by atoms with Gasteiger partial charge in [0.15, 0.2) is 0 Å². The molecule has 0 fully saturated rings. The maximum Gasteiger partial charge on any atom is 0.339 e. The lowest BCUT2D eigenvalue weighted by Crippen LogP contribution is -2.07. The number of benzene rings is 1. The molecule has 1 N–H and O–H groups in total. The average Bonchev–Trinajstić information content (AvgIpc) is 2.34. The number of ether oxygens (including phenoxy) is 2. The first-order valence-electron chi connectivity index (χ1n) is 4.84. The average molecular weight is 253 g/mol. The molecule has 0 aliphatic heterocycles. The van der Waals surface area contributed by atoms with Crippen molar-refractivity contribution in [3.05, 3.63) is 40.5 Å². The predicted molar refractivity (Wildman–Crippen MR) is 62.3 cm³/mol. The summed E-state index contributed by atoms with van der Waals surface area (Å²) in [6, 6.07) is 2.26. The Bertz CT molecular complexity index is 461. The number of carboxylic acids is 1. The van der Waals surface area contributed by atoms with Crippen LogP contribution in [-0.4, -0.2) is 29.7 Å². The van der Waals surface area contributed by atoms with Crippen molar-refractivity contribution in [3.8, 4) is 11.5 Å². The lowest BCUT2D eigenvalue weighted by molar-refractivity contribution is -0.385. The van der Waals surface area contributed by atoms with Crippen LogP contribution in [0.25, 0.3) is 0 Å². The molecule has 18 heavy (non-hydrogen) atoms. The molecule has 0 unspecified atom stereocenters. The summed E-state index contributed by atoms with van der Waals surface area (Å²) >= 11 is 0. The monoisotopic (exact) mass is 253 g/mol. The molecule has 0 atom stereocenters. The minimum absolute atomic E-state index is 0.0343. The van der Waals surface area contributed by atoms with Crippen LogP contribution in [-0.2, 0) is 0 Å². The van der Waals surface area contributed by atoms with Crippen molar-refractivity contribution >= 4 is 11.7 Å². The molecule has 0 saturated carbocycles. The SMILES string of the molecule is C=CCOc1c(C(=O)O)cc(OC)cc1[N+](=O)[O-]. The van der Waals surface area contributed by atoms with Crippen molar-refractivity contribution in [2.45, 2.75) is 0 Å². The second-order valence-electron chi connectivity index (χ2n) is 3.19. The van der Waals surface area contributed by atoms with Crippen molar-refractivity contribution in [2.24, 2.45) is 0 Å². The van der Waals surface area contributed by atoms with Crippen molar-refractivity contribution in [2.75, 3.05) is 13.7 Å². The van der Waals surface area contributed by atoms with Crippen LogP contribution in [0.3, 0.4) is 0 Å². The van der Waals surface area contributed by atoms with Gasteiger partial charge in [-0.3, -0.25) is 10.1 Å². The van der Waals surface area contributed by atoms with Gasteiger partial charge in [-0.1, -0.05) is 12.7 Å². The molecule has 0 amide bonds. The van der Waals surface area contributed by atoms with Crippen LogP contribution in [0.4, 0.5) is 5.69 Å². The van der Waals surface area contributed by atoms with Crippen LogP contribution in [0.2, 0.25) is 0 Å². The van der Waals surface area contributed by atoms with Gasteiger partial charge in [0, 0.05) is 0 Å². The second-order valence-corrected chi connectivity index (χ2v) is 3.19. The first-order valence-corrected chi connectivity index (χ1v) is 4.84. The molecule has 7 heteroatoms. The Labute approximate surface area is 102 Å². The van der Waals surface area contributed by atoms with E-state index in [0.717, 1.165) is 12.1 Å². The fourth-order valence-corrected chi connectivity index (χ4v) is 1.29. The number of hydrogen-bond acceptors (Lipinski definition) is 5. The van der Waals surface area contributed by atoms with Crippen LogP contribution in [0.5, 0.6) is 11.5 Å². The van der Waals surface area contributed by atoms with Crippen molar-refractivity contribution in [3.63, 3.8) is 0 Å². The van der Waals surface area contributed by atoms with E-state index >= 15 is 0 Å². The van der Waals surface area contributed by atoms with Gasteiger partial charge in [0.2, 0.25) is 5.75 Å². The van der Waals surface area contributed by atoms with E-state index < -0.39 is 16.6 Å². The third-order valence-corrected chi connectivity index (χ3v) is 2.05. The zero-order valence-corrected chi connectivity index (χ0v) is 9.58. The molecular formula is C11H11NO6. The van der Waals surface area contributed by atoms with Crippen LogP contribution in [0.15, 0.2) is 24.8 Å². The zero-order chi connectivity index (χ0) is 13.7. The number of methoxy groups -OCH3 is 1. The molecule has 0 radical (unpaired) electrons. The van der Waals surface area contributed by atoms with Crippen LogP contribution in [0.1, 0.15) is 10.4 Å². The molecular weight excluding hydrogens is 242 g/mol. The van der Waals surface area contributed by atoms with E-state index in [4.69, 9.17) is 14.6 Å². The lowest BCUT2D eigenvalue weighted by Gasteiger charge is -2.09. The molecule has 7 nitrogen and oxygen atoms in total. The minimum Gasteiger partial charge on any atom is -0.496 e. The van der Waals surface area contributed by atoms with Crippen LogP contribution < -0.4 is 9.47 Å². The molecule has 0 saturated heterocycles. The molecule has 1 aromatic carbocycles. The fourth-order valence-electron chi connectivity index (χ4n) is 1.29. The Morgan fingerprint density at radius 2 is 2.28 bits per heavy atom. The maximum absolute atomic E-state index is 11.0. The summed E-state index contributed by atoms with van der Waals surface area (Å²) in [5.74, 6) is -1.57. The van der Waals surface area contributed by atoms with E-state index in [1.54, 1.807) is 0 Å². The number of carboxylic acid groups (broad SMARTS) is 1. The third kappa shape index (κ3) is 2.76. The molecule has 0 aliphatic rings. The van der Waals surface area contributed by atoms with E-state index in [2.05, 4.69) is 6.58 Å². The van der Waals surface area contributed by atoms with Crippen LogP contribution >= 0.6 is 0 Å². The normalized spacial score (nSPS) is 9.61. The molecule has 0 aliphatic carbocycles. The van der Waals surface area contributed by atoms with E-state index in [9.17, 15) is 14.9 Å². The van der Waals surface area contributed by atoms with Gasteiger partial charge in [-0.15, -0.1) is 0 Å². The van der Waals surface area contributed by atoms with Gasteiger partial charge >= 0.3 is 11.7 Å². The van der Waals surface area contributed by atoms with Gasteiger partial charge < -0.3 is 14.6 Å². The smallest absolute Gasteiger partial charge is 0.339 e. The number of nitro groups is 1. The Morgan fingerprint density at radius 3 is 2.72 bits per heavy atom. The number of nitrogens with zero attached hydrogens (tertiary/aromatic N) is 1. The lowest BCUT2D eigenvalue weighted by atomic mass is 10.1. The Balaban J connectivity index is 3.44. The van der Waals surface area contributed by atoms with Gasteiger partial charge in [-0.25, -0.2) is 4.79 Å². The summed E-state index contributed by atoms with van der Waals surface area (Å²) in [5, 5.41) is 19.9. The quantitative estimate of drug-likeness (QED) is 0.472. The summed E-state index contributed by atoms with van der Waals surface area (Å²) in [6.45, 7) is 3.36. The van der Waals surface area contributed by atoms with Gasteiger partial charge in [0.1, 0.15) is 17.9 Å². The van der Waals surface area contributed by atoms with E-state index in [1.807, 2.05) is 0 Å². The highest BCUT2D eigenvalue weighted by Gasteiger charge is 2.25. The van der Waals surface area contributed by atoms with Gasteiger partial charge in [0.05, 0.1) is 18.1 Å². The maximum atomic E-state index is 11.0. The van der Waals surface area contributed by atoms with Gasteiger partial charge in [-0.2, -0.15) is 0 Å². The Morgan fingerprint density at radius 1 is 1.61 bits per heavy atom. The van der Waals surface area contributed by atoms with E-state index in [-0.39, 0.29) is 23.7 Å². The molecule has 96 valence electrons. The van der Waals surface area contributed by atoms with Crippen LogP contribution in [0, 0.1) is 10.1 Å². The summed E-state index contributed by atoms with van der Waals surface area (Å²) in [6.07, 6.45) is 1.36. The summed E-state index contributed by atoms with van der Waals surface area (Å²) < 4.78 is 9.86. The molecule has 0 heterocycles. The topological polar surface area (TPSA) is 98.9 Å². The fraction of sp³-hybridized carbons (Fsp3) is 0.182. The number of carbonyl (C=O) groups is 1. The highest BCUT2D eigenvalue weighted by atomic mass is 16.6. The largest absolute Gasteiger partial charge is 0.496 e. The predicted octanol–water partition coefficient (Wildman–Crippen LogP) is 1.87. The van der Waals surface area contributed by atoms with Gasteiger partial charge in [-0.05, 0) is 6.07 Å². The summed E-state index contributed by atoms with van der Waals surface area (Å²) in [7, 11) is 1.29. The summed E-state index contributed by atoms with van der Waals surface area (Å²) in [4.78, 5) is 21.2. The molecule has 0 bridgehead atoms. The Hall–Kier alpha value is -2.57. The van der Waals surface area contributed by atoms with E-state index in [1.165, 1.54) is 13.2 Å². The molecule has 0 spiro atoms. The standard InChI is InChI=1S/C11H11NO6/c1-3-4-18-10-8(11(13)14)5-7(17-2)6-9(10)12(15)16/h3,5-6H,1,4H2,2H3,(H,13,14). The number of aromatic carboxylic acids is 1. The first kappa shape index (κ1) is 13.5. The molecule has 1 aromatic rings. The first-order chi connectivity index (χ1) is 8.51. The van der Waals surface area contributed by atoms with E-state index in [0.29, 0.717) is 0 Å². The number of nitro benzene ring substituents is 1. The van der Waals surface area contributed by atoms with Crippen molar-refractivity contribution < 1.29 is 24.3 Å². The molecule has 1 rings (SSSR count). The zero-order valence-electron chi connectivity index (χ0n) is 9.58. The highest BCUT2D eigenvalue weighted by molar-refractivity contribution is 5.93. The Kier molecular flexibility index (Phi) is 4.25. The molecule has 0 aromatic heterocycles. The van der Waals surface area contributed by atoms with Gasteiger partial charge in [0.25, 0.3) is 0 Å². The number of rotatable bonds is 6. The minimum atomic E-state index is -1.34. The third-order valence-electron chi connectivity index (χ3n) is 2.05. The summed E-state index contributed by atoms with van der Waals surface area (Å²) in [5.41, 5.74) is -0.795. The number of hydrogen-bond donors (Lipinski definition) is 1. The highest BCUT2D eigenvalue weighted by Crippen LogP contribution is 2.35. The van der Waals surface area contributed by atoms with Crippen molar-refractivity contribution in [1.82, 2.24) is 0 Å². The van der Waals surface area contributed by atoms with Crippen molar-refractivity contribution in [1.29, 1.82) is 0 Å². The second kappa shape index (κ2) is 5.67.